The minimum Gasteiger partial charge on any atom is -0.324 e. The van der Waals surface area contributed by atoms with Crippen molar-refractivity contribution in [2.45, 2.75) is 44.7 Å². The minimum absolute atomic E-state index is 0.629. The molecule has 0 bridgehead atoms. The molecule has 72 valence electrons. The van der Waals surface area contributed by atoms with Crippen molar-refractivity contribution < 1.29 is 14.4 Å². The van der Waals surface area contributed by atoms with Crippen molar-refractivity contribution in [3.63, 3.8) is 0 Å². The van der Waals surface area contributed by atoms with E-state index in [1.807, 2.05) is 0 Å². The van der Waals surface area contributed by atoms with E-state index in [9.17, 15) is 4.57 Å². The lowest BCUT2D eigenvalue weighted by Gasteiger charge is -2.36. The SMILES string of the molecule is CC1CCC(C)(P(=O)(O)O)CC1. The summed E-state index contributed by atoms with van der Waals surface area (Å²) in [6.07, 6.45) is 3.22. The van der Waals surface area contributed by atoms with Gasteiger partial charge in [0, 0.05) is 0 Å². The molecule has 1 saturated carbocycles. The van der Waals surface area contributed by atoms with Gasteiger partial charge in [0.1, 0.15) is 0 Å². The number of hydrogen-bond donors (Lipinski definition) is 2. The van der Waals surface area contributed by atoms with Gasteiger partial charge in [0.15, 0.2) is 0 Å². The van der Waals surface area contributed by atoms with Crippen molar-refractivity contribution in [2.75, 3.05) is 0 Å². The van der Waals surface area contributed by atoms with E-state index < -0.39 is 12.8 Å². The maximum Gasteiger partial charge on any atom is 0.331 e. The highest BCUT2D eigenvalue weighted by atomic mass is 31.2. The van der Waals surface area contributed by atoms with Crippen molar-refractivity contribution in [2.24, 2.45) is 5.92 Å². The van der Waals surface area contributed by atoms with Gasteiger partial charge in [-0.1, -0.05) is 6.92 Å². The molecule has 2 N–H and O–H groups in total. The van der Waals surface area contributed by atoms with Gasteiger partial charge in [-0.3, -0.25) is 4.57 Å². The first-order valence-corrected chi connectivity index (χ1v) is 6.02. The average Bonchev–Trinajstić information content (AvgIpc) is 1.93. The van der Waals surface area contributed by atoms with Gasteiger partial charge in [-0.15, -0.1) is 0 Å². The Morgan fingerprint density at radius 2 is 1.75 bits per heavy atom. The van der Waals surface area contributed by atoms with E-state index in [0.29, 0.717) is 18.8 Å². The van der Waals surface area contributed by atoms with Crippen LogP contribution >= 0.6 is 7.60 Å². The van der Waals surface area contributed by atoms with E-state index in [1.165, 1.54) is 0 Å². The molecule has 0 aromatic heterocycles. The maximum absolute atomic E-state index is 11.1. The zero-order valence-electron chi connectivity index (χ0n) is 7.66. The third-order valence-electron chi connectivity index (χ3n) is 3.05. The van der Waals surface area contributed by atoms with Crippen LogP contribution in [0.2, 0.25) is 0 Å². The van der Waals surface area contributed by atoms with Gasteiger partial charge in [-0.2, -0.15) is 0 Å². The molecule has 0 spiro atoms. The van der Waals surface area contributed by atoms with Crippen LogP contribution in [0.1, 0.15) is 39.5 Å². The summed E-state index contributed by atoms with van der Waals surface area (Å²) in [4.78, 5) is 18.2. The molecule has 4 heteroatoms. The van der Waals surface area contributed by atoms with Gasteiger partial charge >= 0.3 is 7.60 Å². The van der Waals surface area contributed by atoms with Gasteiger partial charge in [-0.25, -0.2) is 0 Å². The molecule has 0 aromatic carbocycles. The summed E-state index contributed by atoms with van der Waals surface area (Å²) in [5.74, 6) is 0.629. The van der Waals surface area contributed by atoms with Crippen molar-refractivity contribution in [1.82, 2.24) is 0 Å². The second-order valence-corrected chi connectivity index (χ2v) is 6.39. The van der Waals surface area contributed by atoms with Crippen molar-refractivity contribution in [1.29, 1.82) is 0 Å². The highest BCUT2D eigenvalue weighted by Crippen LogP contribution is 2.57. The lowest BCUT2D eigenvalue weighted by molar-refractivity contribution is 0.261. The molecule has 12 heavy (non-hydrogen) atoms. The predicted molar refractivity (Wildman–Crippen MR) is 48.1 cm³/mol. The van der Waals surface area contributed by atoms with Gasteiger partial charge in [0.2, 0.25) is 0 Å². The molecule has 3 nitrogen and oxygen atoms in total. The normalized spacial score (nSPS) is 38.2. The largest absolute Gasteiger partial charge is 0.331 e. The molecule has 1 rings (SSSR count). The molecular weight excluding hydrogens is 175 g/mol. The van der Waals surface area contributed by atoms with Crippen LogP contribution in [0.4, 0.5) is 0 Å². The summed E-state index contributed by atoms with van der Waals surface area (Å²) in [6.45, 7) is 3.85. The van der Waals surface area contributed by atoms with E-state index >= 15 is 0 Å². The molecular formula is C8H17O3P. The monoisotopic (exact) mass is 192 g/mol. The van der Waals surface area contributed by atoms with Crippen LogP contribution in [0.3, 0.4) is 0 Å². The Morgan fingerprint density at radius 3 is 2.08 bits per heavy atom. The van der Waals surface area contributed by atoms with Crippen molar-refractivity contribution in [3.8, 4) is 0 Å². The minimum atomic E-state index is -3.88. The first kappa shape index (κ1) is 10.2. The van der Waals surface area contributed by atoms with Gasteiger partial charge in [-0.05, 0) is 38.5 Å². The Morgan fingerprint density at radius 1 is 1.33 bits per heavy atom. The van der Waals surface area contributed by atoms with Crippen LogP contribution in [-0.2, 0) is 4.57 Å². The predicted octanol–water partition coefficient (Wildman–Crippen LogP) is 2.13. The van der Waals surface area contributed by atoms with E-state index in [-0.39, 0.29) is 0 Å². The maximum atomic E-state index is 11.1. The van der Waals surface area contributed by atoms with Crippen LogP contribution in [0.5, 0.6) is 0 Å². The highest BCUT2D eigenvalue weighted by Gasteiger charge is 2.43. The quantitative estimate of drug-likeness (QED) is 0.626. The fourth-order valence-electron chi connectivity index (χ4n) is 1.68. The standard InChI is InChI=1S/C8H17O3P/c1-7-3-5-8(2,6-4-7)12(9,10)11/h7H,3-6H2,1-2H3,(H2,9,10,11). The van der Waals surface area contributed by atoms with Crippen LogP contribution < -0.4 is 0 Å². The smallest absolute Gasteiger partial charge is 0.324 e. The Hall–Kier alpha value is 0.150. The Labute approximate surface area is 73.3 Å². The first-order valence-electron chi connectivity index (χ1n) is 4.41. The summed E-state index contributed by atoms with van der Waals surface area (Å²) in [5.41, 5.74) is 0. The van der Waals surface area contributed by atoms with E-state index in [4.69, 9.17) is 9.79 Å². The topological polar surface area (TPSA) is 57.5 Å². The van der Waals surface area contributed by atoms with E-state index in [0.717, 1.165) is 12.8 Å². The number of hydrogen-bond acceptors (Lipinski definition) is 1. The summed E-state index contributed by atoms with van der Waals surface area (Å²) < 4.78 is 11.1. The summed E-state index contributed by atoms with van der Waals surface area (Å²) in [6, 6.07) is 0. The summed E-state index contributed by atoms with van der Waals surface area (Å²) in [7, 11) is -3.88. The summed E-state index contributed by atoms with van der Waals surface area (Å²) in [5, 5.41) is -0.737. The Balaban J connectivity index is 2.69. The fraction of sp³-hybridized carbons (Fsp3) is 1.00. The molecule has 1 aliphatic rings. The Bertz CT molecular complexity index is 200. The average molecular weight is 192 g/mol. The lowest BCUT2D eigenvalue weighted by Crippen LogP contribution is -2.30. The molecule has 1 aliphatic carbocycles. The molecule has 1 fully saturated rings. The fourth-order valence-corrected chi connectivity index (χ4v) is 2.52. The van der Waals surface area contributed by atoms with Crippen molar-refractivity contribution in [3.05, 3.63) is 0 Å². The van der Waals surface area contributed by atoms with E-state index in [2.05, 4.69) is 6.92 Å². The van der Waals surface area contributed by atoms with Gasteiger partial charge in [0.25, 0.3) is 0 Å². The second-order valence-electron chi connectivity index (χ2n) is 4.22. The lowest BCUT2D eigenvalue weighted by atomic mass is 9.83. The Kier molecular flexibility index (Phi) is 2.67. The highest BCUT2D eigenvalue weighted by molar-refractivity contribution is 7.53. The van der Waals surface area contributed by atoms with Crippen LogP contribution in [0, 0.1) is 5.92 Å². The zero-order valence-corrected chi connectivity index (χ0v) is 8.55. The molecule has 0 atom stereocenters. The van der Waals surface area contributed by atoms with Crippen molar-refractivity contribution >= 4 is 7.60 Å². The third kappa shape index (κ3) is 1.90. The molecule has 0 aliphatic heterocycles. The number of rotatable bonds is 1. The van der Waals surface area contributed by atoms with Gasteiger partial charge < -0.3 is 9.79 Å². The third-order valence-corrected chi connectivity index (χ3v) is 4.91. The van der Waals surface area contributed by atoms with Crippen LogP contribution in [0.25, 0.3) is 0 Å². The molecule has 0 aromatic rings. The molecule has 0 amide bonds. The first-order chi connectivity index (χ1) is 5.35. The van der Waals surface area contributed by atoms with E-state index in [1.54, 1.807) is 6.92 Å². The summed E-state index contributed by atoms with van der Waals surface area (Å²) >= 11 is 0. The molecule has 0 heterocycles. The molecule has 0 radical (unpaired) electrons. The van der Waals surface area contributed by atoms with Crippen LogP contribution in [-0.4, -0.2) is 14.9 Å². The zero-order chi connectivity index (χ0) is 9.41. The molecule has 0 unspecified atom stereocenters. The van der Waals surface area contributed by atoms with Gasteiger partial charge in [0.05, 0.1) is 5.16 Å². The van der Waals surface area contributed by atoms with Crippen LogP contribution in [0.15, 0.2) is 0 Å². The second kappa shape index (κ2) is 3.13. The molecule has 0 saturated heterocycles.